The molecule has 0 radical (unpaired) electrons. The van der Waals surface area contributed by atoms with E-state index >= 15 is 0 Å². The zero-order chi connectivity index (χ0) is 13.1. The molecule has 0 aromatic heterocycles. The Kier molecular flexibility index (Phi) is 4.99. The summed E-state index contributed by atoms with van der Waals surface area (Å²) in [4.78, 5) is 13.3. The molecule has 2 fully saturated rings. The van der Waals surface area contributed by atoms with Crippen LogP contribution in [0.1, 0.15) is 25.7 Å². The minimum atomic E-state index is -0.756. The Hall–Kier alpha value is -0.180. The molecule has 1 heterocycles. The third-order valence-corrected chi connectivity index (χ3v) is 5.14. The molecule has 7 heteroatoms. The maximum absolute atomic E-state index is 12.2. The summed E-state index contributed by atoms with van der Waals surface area (Å²) < 4.78 is 0. The van der Waals surface area contributed by atoms with E-state index in [-0.39, 0.29) is 23.2 Å². The Labute approximate surface area is 111 Å². The molecule has 5 unspecified atom stereocenters. The minimum absolute atomic E-state index is 0.00723. The molecule has 0 amide bonds. The molecule has 0 aromatic rings. The lowest BCUT2D eigenvalue weighted by Gasteiger charge is -2.31. The predicted octanol–water partition coefficient (Wildman–Crippen LogP) is -2.24. The molecule has 1 saturated heterocycles. The number of nitrogens with two attached hydrogens (primary N) is 1. The van der Waals surface area contributed by atoms with Crippen molar-refractivity contribution in [3.05, 3.63) is 5.21 Å². The lowest BCUT2D eigenvalue weighted by atomic mass is 9.83. The smallest absolute Gasteiger partial charge is 0.190 e. The number of rotatable bonds is 4. The van der Waals surface area contributed by atoms with Gasteiger partial charge in [-0.3, -0.25) is 10.5 Å². The standard InChI is InChI=1S/C11H21N3O3S/c12-11-13(4-5-18-11)7-10(15)8-2-1-3-9(6-8)14(16)17/h8-9,11,14,16H,1-7,12H2/p+1. The van der Waals surface area contributed by atoms with Crippen molar-refractivity contribution in [2.45, 2.75) is 37.2 Å². The maximum atomic E-state index is 12.2. The lowest BCUT2D eigenvalue weighted by Crippen LogP contribution is -3.16. The number of hydroxylamine groups is 2. The Morgan fingerprint density at radius 1 is 1.56 bits per heavy atom. The molecule has 0 spiro atoms. The van der Waals surface area contributed by atoms with Crippen molar-refractivity contribution in [2.24, 2.45) is 11.7 Å². The molecule has 104 valence electrons. The first-order chi connectivity index (χ1) is 8.58. The van der Waals surface area contributed by atoms with Gasteiger partial charge in [-0.25, -0.2) is 10.4 Å². The van der Waals surface area contributed by atoms with E-state index in [9.17, 15) is 10.0 Å². The van der Waals surface area contributed by atoms with E-state index in [4.69, 9.17) is 10.9 Å². The van der Waals surface area contributed by atoms with Crippen LogP contribution in [-0.2, 0) is 4.79 Å². The fourth-order valence-electron chi connectivity index (χ4n) is 2.84. The van der Waals surface area contributed by atoms with Crippen molar-refractivity contribution >= 4 is 17.5 Å². The van der Waals surface area contributed by atoms with E-state index < -0.39 is 5.23 Å². The van der Waals surface area contributed by atoms with Crippen molar-refractivity contribution in [3.63, 3.8) is 0 Å². The normalized spacial score (nSPS) is 38.6. The number of thioether (sulfide) groups is 1. The topological polar surface area (TPSA) is 95.3 Å². The molecule has 2 rings (SSSR count). The van der Waals surface area contributed by atoms with E-state index in [0.29, 0.717) is 19.4 Å². The highest BCUT2D eigenvalue weighted by Gasteiger charge is 2.34. The van der Waals surface area contributed by atoms with Gasteiger partial charge in [-0.2, -0.15) is 0 Å². The van der Waals surface area contributed by atoms with E-state index in [0.717, 1.165) is 30.0 Å². The van der Waals surface area contributed by atoms with Gasteiger partial charge in [0.25, 0.3) is 0 Å². The van der Waals surface area contributed by atoms with E-state index in [2.05, 4.69) is 0 Å². The predicted molar refractivity (Wildman–Crippen MR) is 68.0 cm³/mol. The fourth-order valence-corrected chi connectivity index (χ4v) is 3.91. The van der Waals surface area contributed by atoms with Crippen LogP contribution in [0.2, 0.25) is 0 Å². The van der Waals surface area contributed by atoms with Gasteiger partial charge in [-0.05, 0) is 12.8 Å². The summed E-state index contributed by atoms with van der Waals surface area (Å²) in [6.07, 6.45) is 2.93. The number of carbonyl (C=O) groups is 1. The van der Waals surface area contributed by atoms with Crippen LogP contribution < -0.4 is 15.9 Å². The van der Waals surface area contributed by atoms with Crippen LogP contribution in [0.5, 0.6) is 0 Å². The molecule has 0 bridgehead atoms. The summed E-state index contributed by atoms with van der Waals surface area (Å²) in [5.74, 6) is 1.14. The second-order valence-electron chi connectivity index (χ2n) is 5.24. The maximum Gasteiger partial charge on any atom is 0.190 e. The first kappa shape index (κ1) is 14.2. The largest absolute Gasteiger partial charge is 0.600 e. The van der Waals surface area contributed by atoms with Crippen LogP contribution in [-0.4, -0.2) is 41.4 Å². The summed E-state index contributed by atoms with van der Waals surface area (Å²) in [6, 6.07) is -0.329. The summed E-state index contributed by atoms with van der Waals surface area (Å²) >= 11 is 1.69. The average molecular weight is 276 g/mol. The van der Waals surface area contributed by atoms with Gasteiger partial charge < -0.3 is 10.1 Å². The molecule has 0 aromatic carbocycles. The first-order valence-electron chi connectivity index (χ1n) is 6.55. The zero-order valence-electron chi connectivity index (χ0n) is 10.4. The summed E-state index contributed by atoms with van der Waals surface area (Å²) in [5, 5.41) is 19.2. The van der Waals surface area contributed by atoms with Crippen LogP contribution in [0.4, 0.5) is 0 Å². The number of hydrogen-bond acceptors (Lipinski definition) is 5. The van der Waals surface area contributed by atoms with Gasteiger partial charge in [0.2, 0.25) is 0 Å². The van der Waals surface area contributed by atoms with Gasteiger partial charge in [0.15, 0.2) is 11.3 Å². The Bertz CT molecular complexity index is 303. The Morgan fingerprint density at radius 2 is 2.33 bits per heavy atom. The second kappa shape index (κ2) is 6.31. The zero-order valence-corrected chi connectivity index (χ0v) is 11.2. The molecule has 1 saturated carbocycles. The molecule has 1 aliphatic carbocycles. The molecule has 6 nitrogen and oxygen atoms in total. The highest BCUT2D eigenvalue weighted by atomic mass is 32.2. The van der Waals surface area contributed by atoms with E-state index in [1.807, 2.05) is 0 Å². The van der Waals surface area contributed by atoms with Crippen LogP contribution in [0.15, 0.2) is 0 Å². The SMILES string of the molecule is NC1SCC[NH+]1CC(=O)C1CCCC([NH+]([O-])O)C1. The number of Topliss-reactive ketones (excluding diaryl/α,β-unsaturated/α-hetero) is 1. The molecular formula is C11H22N3O3S+. The van der Waals surface area contributed by atoms with Crippen LogP contribution in [0, 0.1) is 11.1 Å². The minimum Gasteiger partial charge on any atom is -0.600 e. The Morgan fingerprint density at radius 3 is 2.94 bits per heavy atom. The van der Waals surface area contributed by atoms with E-state index in [1.54, 1.807) is 11.8 Å². The van der Waals surface area contributed by atoms with Crippen molar-refractivity contribution in [2.75, 3.05) is 18.8 Å². The quantitative estimate of drug-likeness (QED) is 0.436. The third kappa shape index (κ3) is 3.43. The summed E-state index contributed by atoms with van der Waals surface area (Å²) in [6.45, 7) is 1.40. The van der Waals surface area contributed by atoms with Gasteiger partial charge in [0.1, 0.15) is 12.6 Å². The highest BCUT2D eigenvalue weighted by molar-refractivity contribution is 7.99. The van der Waals surface area contributed by atoms with Crippen LogP contribution >= 0.6 is 11.8 Å². The number of ketones is 1. The number of hydrogen-bond donors (Lipinski definition) is 4. The van der Waals surface area contributed by atoms with Gasteiger partial charge in [0.05, 0.1) is 6.54 Å². The van der Waals surface area contributed by atoms with Gasteiger partial charge in [-0.15, -0.1) is 0 Å². The summed E-state index contributed by atoms with van der Waals surface area (Å²) in [7, 11) is 0. The number of carbonyl (C=O) groups excluding carboxylic acids is 1. The average Bonchev–Trinajstić information content (AvgIpc) is 2.75. The molecule has 1 aliphatic heterocycles. The molecular weight excluding hydrogens is 254 g/mol. The lowest BCUT2D eigenvalue weighted by molar-refractivity contribution is -1.07. The monoisotopic (exact) mass is 276 g/mol. The highest BCUT2D eigenvalue weighted by Crippen LogP contribution is 2.23. The fraction of sp³-hybridized carbons (Fsp3) is 0.909. The van der Waals surface area contributed by atoms with Crippen LogP contribution in [0.3, 0.4) is 0 Å². The molecule has 5 N–H and O–H groups in total. The number of nitrogens with one attached hydrogen (secondary N) is 2. The molecule has 5 atom stereocenters. The molecule has 18 heavy (non-hydrogen) atoms. The van der Waals surface area contributed by atoms with Crippen LogP contribution in [0.25, 0.3) is 0 Å². The van der Waals surface area contributed by atoms with Crippen molar-refractivity contribution in [3.8, 4) is 0 Å². The Balaban J connectivity index is 1.84. The first-order valence-corrected chi connectivity index (χ1v) is 7.60. The molecule has 2 aliphatic rings. The van der Waals surface area contributed by atoms with E-state index in [1.165, 1.54) is 0 Å². The summed E-state index contributed by atoms with van der Waals surface area (Å²) in [5.41, 5.74) is 5.92. The van der Waals surface area contributed by atoms with Crippen molar-refractivity contribution in [1.82, 2.24) is 0 Å². The van der Waals surface area contributed by atoms with Gasteiger partial charge in [0, 0.05) is 24.5 Å². The third-order valence-electron chi connectivity index (χ3n) is 4.00. The van der Waals surface area contributed by atoms with Crippen molar-refractivity contribution < 1.29 is 20.1 Å². The van der Waals surface area contributed by atoms with Gasteiger partial charge >= 0.3 is 0 Å². The van der Waals surface area contributed by atoms with Crippen molar-refractivity contribution in [1.29, 1.82) is 0 Å². The van der Waals surface area contributed by atoms with Gasteiger partial charge in [-0.1, -0.05) is 11.8 Å². The second-order valence-corrected chi connectivity index (χ2v) is 6.49. The number of quaternary nitrogens is 2.